The molecule has 2 aromatic rings. The predicted molar refractivity (Wildman–Crippen MR) is 87.7 cm³/mol. The Morgan fingerprint density at radius 2 is 1.67 bits per heavy atom. The lowest BCUT2D eigenvalue weighted by Crippen LogP contribution is -2.12. The van der Waals surface area contributed by atoms with Gasteiger partial charge in [0.05, 0.1) is 0 Å². The summed E-state index contributed by atoms with van der Waals surface area (Å²) in [6.45, 7) is 0.700. The standard InChI is InChI=1S/C17H21NO2.ClH/c18-16(10-6-12-19)15-9-4-5-11-17(15)20-13-14-7-2-1-3-8-14;/h1-5,7-9,11,16,19H,6,10,12-13,18H2;1H/t16-;/m0./s1. The molecule has 2 aromatic carbocycles. The molecule has 0 spiro atoms. The SMILES string of the molecule is Cl.N[C@@H](CCCO)c1ccccc1OCc1ccccc1. The van der Waals surface area contributed by atoms with Gasteiger partial charge in [-0.3, -0.25) is 0 Å². The van der Waals surface area contributed by atoms with E-state index in [4.69, 9.17) is 15.6 Å². The maximum absolute atomic E-state index is 8.90. The molecule has 0 unspecified atom stereocenters. The van der Waals surface area contributed by atoms with Crippen molar-refractivity contribution < 1.29 is 9.84 Å². The van der Waals surface area contributed by atoms with Crippen LogP contribution in [-0.4, -0.2) is 11.7 Å². The van der Waals surface area contributed by atoms with Crippen molar-refractivity contribution in [1.29, 1.82) is 0 Å². The molecule has 0 heterocycles. The maximum Gasteiger partial charge on any atom is 0.124 e. The average molecular weight is 308 g/mol. The van der Waals surface area contributed by atoms with E-state index in [1.54, 1.807) is 0 Å². The number of hydrogen-bond donors (Lipinski definition) is 2. The van der Waals surface area contributed by atoms with Crippen LogP contribution in [-0.2, 0) is 6.61 Å². The van der Waals surface area contributed by atoms with E-state index in [1.807, 2.05) is 54.6 Å². The van der Waals surface area contributed by atoms with Crippen LogP contribution in [0.1, 0.15) is 30.0 Å². The van der Waals surface area contributed by atoms with Gasteiger partial charge in [-0.25, -0.2) is 0 Å². The number of ether oxygens (including phenoxy) is 1. The Morgan fingerprint density at radius 1 is 1.00 bits per heavy atom. The smallest absolute Gasteiger partial charge is 0.124 e. The zero-order valence-electron chi connectivity index (χ0n) is 11.9. The Bertz CT molecular complexity index is 519. The number of aliphatic hydroxyl groups excluding tert-OH is 1. The summed E-state index contributed by atoms with van der Waals surface area (Å²) in [6.07, 6.45) is 1.45. The van der Waals surface area contributed by atoms with E-state index >= 15 is 0 Å². The molecule has 1 atom stereocenters. The fourth-order valence-electron chi connectivity index (χ4n) is 2.12. The van der Waals surface area contributed by atoms with Crippen LogP contribution in [0.5, 0.6) is 5.75 Å². The minimum absolute atomic E-state index is 0. The molecule has 4 heteroatoms. The fraction of sp³-hybridized carbons (Fsp3) is 0.294. The molecule has 0 radical (unpaired) electrons. The molecule has 0 saturated heterocycles. The van der Waals surface area contributed by atoms with E-state index in [0.717, 1.165) is 23.3 Å². The minimum Gasteiger partial charge on any atom is -0.489 e. The maximum atomic E-state index is 8.90. The second-order valence-electron chi connectivity index (χ2n) is 4.78. The molecular weight excluding hydrogens is 286 g/mol. The highest BCUT2D eigenvalue weighted by molar-refractivity contribution is 5.85. The Hall–Kier alpha value is -1.55. The summed E-state index contributed by atoms with van der Waals surface area (Å²) in [5.41, 5.74) is 8.29. The highest BCUT2D eigenvalue weighted by Crippen LogP contribution is 2.27. The molecule has 0 saturated carbocycles. The van der Waals surface area contributed by atoms with Crippen LogP contribution in [0.3, 0.4) is 0 Å². The van der Waals surface area contributed by atoms with Crippen LogP contribution in [0.25, 0.3) is 0 Å². The molecule has 2 rings (SSSR count). The van der Waals surface area contributed by atoms with Gasteiger partial charge >= 0.3 is 0 Å². The van der Waals surface area contributed by atoms with Gasteiger partial charge in [0.15, 0.2) is 0 Å². The first-order chi connectivity index (χ1) is 9.81. The van der Waals surface area contributed by atoms with Gasteiger partial charge < -0.3 is 15.6 Å². The largest absolute Gasteiger partial charge is 0.489 e. The summed E-state index contributed by atoms with van der Waals surface area (Å²) in [6, 6.07) is 17.8. The van der Waals surface area contributed by atoms with Crippen molar-refractivity contribution >= 4 is 12.4 Å². The lowest BCUT2D eigenvalue weighted by molar-refractivity contribution is 0.276. The van der Waals surface area contributed by atoms with Crippen molar-refractivity contribution in [2.24, 2.45) is 5.73 Å². The highest BCUT2D eigenvalue weighted by atomic mass is 35.5. The lowest BCUT2D eigenvalue weighted by Gasteiger charge is -2.16. The first-order valence-corrected chi connectivity index (χ1v) is 6.93. The van der Waals surface area contributed by atoms with Gasteiger partial charge in [-0.05, 0) is 24.5 Å². The number of benzene rings is 2. The van der Waals surface area contributed by atoms with E-state index in [-0.39, 0.29) is 25.1 Å². The Kier molecular flexibility index (Phi) is 7.83. The van der Waals surface area contributed by atoms with Crippen molar-refractivity contribution in [3.8, 4) is 5.75 Å². The van der Waals surface area contributed by atoms with E-state index < -0.39 is 0 Å². The molecule has 0 aliphatic heterocycles. The van der Waals surface area contributed by atoms with E-state index in [9.17, 15) is 0 Å². The summed E-state index contributed by atoms with van der Waals surface area (Å²) >= 11 is 0. The van der Waals surface area contributed by atoms with Gasteiger partial charge in [0.2, 0.25) is 0 Å². The number of hydrogen-bond acceptors (Lipinski definition) is 3. The molecular formula is C17H22ClNO2. The molecule has 3 N–H and O–H groups in total. The topological polar surface area (TPSA) is 55.5 Å². The molecule has 3 nitrogen and oxygen atoms in total. The van der Waals surface area contributed by atoms with Crippen molar-refractivity contribution in [1.82, 2.24) is 0 Å². The van der Waals surface area contributed by atoms with Crippen molar-refractivity contribution in [2.75, 3.05) is 6.61 Å². The first kappa shape index (κ1) is 17.5. The van der Waals surface area contributed by atoms with Gasteiger partial charge in [0.1, 0.15) is 12.4 Å². The van der Waals surface area contributed by atoms with Crippen LogP contribution in [0, 0.1) is 0 Å². The van der Waals surface area contributed by atoms with Crippen molar-refractivity contribution in [3.63, 3.8) is 0 Å². The van der Waals surface area contributed by atoms with Gasteiger partial charge in [-0.15, -0.1) is 12.4 Å². The third kappa shape index (κ3) is 5.38. The van der Waals surface area contributed by atoms with Crippen LogP contribution in [0.2, 0.25) is 0 Å². The second-order valence-corrected chi connectivity index (χ2v) is 4.78. The Labute approximate surface area is 132 Å². The van der Waals surface area contributed by atoms with Crippen molar-refractivity contribution in [2.45, 2.75) is 25.5 Å². The zero-order valence-corrected chi connectivity index (χ0v) is 12.8. The summed E-state index contributed by atoms with van der Waals surface area (Å²) in [5.74, 6) is 0.821. The normalized spacial score (nSPS) is 11.5. The average Bonchev–Trinajstić information content (AvgIpc) is 2.52. The molecule has 21 heavy (non-hydrogen) atoms. The molecule has 0 amide bonds. The highest BCUT2D eigenvalue weighted by Gasteiger charge is 2.11. The quantitative estimate of drug-likeness (QED) is 0.823. The fourth-order valence-corrected chi connectivity index (χ4v) is 2.12. The molecule has 114 valence electrons. The van der Waals surface area contributed by atoms with Gasteiger partial charge in [-0.1, -0.05) is 48.5 Å². The predicted octanol–water partition coefficient (Wildman–Crippen LogP) is 3.46. The van der Waals surface area contributed by atoms with E-state index in [1.165, 1.54) is 0 Å². The number of rotatable bonds is 7. The summed E-state index contributed by atoms with van der Waals surface area (Å²) in [5, 5.41) is 8.90. The number of nitrogens with two attached hydrogens (primary N) is 1. The zero-order chi connectivity index (χ0) is 14.2. The summed E-state index contributed by atoms with van der Waals surface area (Å²) < 4.78 is 5.88. The number of halogens is 1. The second kappa shape index (κ2) is 9.40. The summed E-state index contributed by atoms with van der Waals surface area (Å²) in [4.78, 5) is 0. The molecule has 0 aliphatic rings. The van der Waals surface area contributed by atoms with E-state index in [0.29, 0.717) is 13.0 Å². The van der Waals surface area contributed by atoms with Crippen LogP contribution in [0.15, 0.2) is 54.6 Å². The van der Waals surface area contributed by atoms with Gasteiger partial charge in [-0.2, -0.15) is 0 Å². The first-order valence-electron chi connectivity index (χ1n) is 6.93. The number of aliphatic hydroxyl groups is 1. The Morgan fingerprint density at radius 3 is 2.38 bits per heavy atom. The third-order valence-corrected chi connectivity index (χ3v) is 3.23. The third-order valence-electron chi connectivity index (χ3n) is 3.23. The van der Waals surface area contributed by atoms with E-state index in [2.05, 4.69) is 0 Å². The molecule has 0 fully saturated rings. The van der Waals surface area contributed by atoms with Crippen molar-refractivity contribution in [3.05, 3.63) is 65.7 Å². The Balaban J connectivity index is 0.00000220. The van der Waals surface area contributed by atoms with Crippen LogP contribution >= 0.6 is 12.4 Å². The summed E-state index contributed by atoms with van der Waals surface area (Å²) in [7, 11) is 0. The monoisotopic (exact) mass is 307 g/mol. The minimum atomic E-state index is -0.103. The molecule has 0 bridgehead atoms. The van der Waals surface area contributed by atoms with Crippen LogP contribution < -0.4 is 10.5 Å². The lowest BCUT2D eigenvalue weighted by atomic mass is 10.0. The molecule has 0 aromatic heterocycles. The number of para-hydroxylation sites is 1. The molecule has 0 aliphatic carbocycles. The van der Waals surface area contributed by atoms with Crippen LogP contribution in [0.4, 0.5) is 0 Å². The van der Waals surface area contributed by atoms with Gasteiger partial charge in [0, 0.05) is 18.2 Å². The van der Waals surface area contributed by atoms with Gasteiger partial charge in [0.25, 0.3) is 0 Å².